The van der Waals surface area contributed by atoms with Crippen LogP contribution in [0.1, 0.15) is 35.2 Å². The van der Waals surface area contributed by atoms with E-state index in [1.807, 2.05) is 0 Å². The van der Waals surface area contributed by atoms with Gasteiger partial charge < -0.3 is 15.4 Å². The van der Waals surface area contributed by atoms with Crippen molar-refractivity contribution in [3.63, 3.8) is 0 Å². The Bertz CT molecular complexity index is 979. The maximum absolute atomic E-state index is 5.47. The molecule has 0 bridgehead atoms. The molecule has 0 amide bonds. The van der Waals surface area contributed by atoms with Crippen LogP contribution in [0.4, 0.5) is 11.5 Å². The Labute approximate surface area is 182 Å². The first-order chi connectivity index (χ1) is 14.6. The fourth-order valence-electron chi connectivity index (χ4n) is 3.65. The van der Waals surface area contributed by atoms with Crippen molar-refractivity contribution >= 4 is 33.1 Å². The average molecular weight is 426 g/mol. The number of aromatic nitrogens is 2. The molecule has 30 heavy (non-hydrogen) atoms. The number of morpholine rings is 1. The van der Waals surface area contributed by atoms with E-state index in [0.29, 0.717) is 0 Å². The van der Waals surface area contributed by atoms with E-state index in [4.69, 9.17) is 14.7 Å². The second kappa shape index (κ2) is 9.73. The molecule has 1 aliphatic rings. The van der Waals surface area contributed by atoms with Crippen LogP contribution in [0, 0.1) is 13.8 Å². The molecular formula is C23H31N5OS. The predicted molar refractivity (Wildman–Crippen MR) is 126 cm³/mol. The van der Waals surface area contributed by atoms with E-state index in [-0.39, 0.29) is 0 Å². The Hall–Kier alpha value is -2.22. The number of thiophene rings is 1. The van der Waals surface area contributed by atoms with Crippen LogP contribution < -0.4 is 10.6 Å². The van der Waals surface area contributed by atoms with Crippen molar-refractivity contribution in [1.82, 2.24) is 14.9 Å². The quantitative estimate of drug-likeness (QED) is 0.551. The highest BCUT2D eigenvalue weighted by Gasteiger charge is 2.17. The summed E-state index contributed by atoms with van der Waals surface area (Å²) in [6.45, 7) is 12.5. The average Bonchev–Trinajstić information content (AvgIpc) is 3.05. The van der Waals surface area contributed by atoms with Gasteiger partial charge in [-0.1, -0.05) is 19.1 Å². The summed E-state index contributed by atoms with van der Waals surface area (Å²) in [4.78, 5) is 14.6. The third-order valence-corrected chi connectivity index (χ3v) is 6.64. The van der Waals surface area contributed by atoms with Crippen LogP contribution in [0.15, 0.2) is 24.3 Å². The minimum Gasteiger partial charge on any atom is -0.385 e. The number of nitrogens with one attached hydrogen (secondary N) is 2. The molecule has 0 atom stereocenters. The zero-order chi connectivity index (χ0) is 20.9. The summed E-state index contributed by atoms with van der Waals surface area (Å²) in [5, 5.41) is 8.17. The number of ether oxygens (including phenoxy) is 1. The SMILES string of the molecule is CCCNc1ccc(CNc2nc(CN3CCOCC3)nc3sc(C)c(C)c23)cc1. The van der Waals surface area contributed by atoms with E-state index < -0.39 is 0 Å². The summed E-state index contributed by atoms with van der Waals surface area (Å²) < 4.78 is 5.47. The van der Waals surface area contributed by atoms with Gasteiger partial charge in [0, 0.05) is 36.7 Å². The number of rotatable bonds is 8. The second-order valence-electron chi connectivity index (χ2n) is 7.82. The summed E-state index contributed by atoms with van der Waals surface area (Å²) in [6, 6.07) is 8.63. The molecule has 4 rings (SSSR count). The third kappa shape index (κ3) is 4.91. The summed E-state index contributed by atoms with van der Waals surface area (Å²) >= 11 is 1.76. The number of hydrogen-bond acceptors (Lipinski definition) is 7. The van der Waals surface area contributed by atoms with Crippen molar-refractivity contribution in [2.24, 2.45) is 0 Å². The minimum absolute atomic E-state index is 0.742. The second-order valence-corrected chi connectivity index (χ2v) is 9.02. The Morgan fingerprint density at radius 3 is 2.57 bits per heavy atom. The first-order valence-corrected chi connectivity index (χ1v) is 11.6. The molecule has 0 spiro atoms. The summed E-state index contributed by atoms with van der Waals surface area (Å²) in [5.74, 6) is 1.82. The number of hydrogen-bond donors (Lipinski definition) is 2. The molecule has 0 unspecified atom stereocenters. The van der Waals surface area contributed by atoms with Gasteiger partial charge in [0.15, 0.2) is 0 Å². The predicted octanol–water partition coefficient (Wildman–Crippen LogP) is 4.57. The largest absolute Gasteiger partial charge is 0.385 e. The van der Waals surface area contributed by atoms with Crippen molar-refractivity contribution in [2.45, 2.75) is 40.3 Å². The maximum Gasteiger partial charge on any atom is 0.146 e. The Morgan fingerprint density at radius 1 is 1.07 bits per heavy atom. The maximum atomic E-state index is 5.47. The topological polar surface area (TPSA) is 62.3 Å². The monoisotopic (exact) mass is 425 g/mol. The van der Waals surface area contributed by atoms with Gasteiger partial charge in [-0.15, -0.1) is 11.3 Å². The van der Waals surface area contributed by atoms with Gasteiger partial charge in [0.1, 0.15) is 16.5 Å². The highest BCUT2D eigenvalue weighted by Crippen LogP contribution is 2.33. The Balaban J connectivity index is 1.53. The van der Waals surface area contributed by atoms with Gasteiger partial charge in [-0.3, -0.25) is 4.90 Å². The van der Waals surface area contributed by atoms with Crippen molar-refractivity contribution in [3.05, 3.63) is 46.1 Å². The lowest BCUT2D eigenvalue weighted by Gasteiger charge is -2.25. The normalized spacial score (nSPS) is 14.9. The number of benzene rings is 1. The number of nitrogens with zero attached hydrogens (tertiary/aromatic N) is 3. The van der Waals surface area contributed by atoms with Crippen LogP contribution in [-0.4, -0.2) is 47.7 Å². The smallest absolute Gasteiger partial charge is 0.146 e. The molecule has 1 fully saturated rings. The van der Waals surface area contributed by atoms with E-state index >= 15 is 0 Å². The van der Waals surface area contributed by atoms with Crippen LogP contribution in [-0.2, 0) is 17.8 Å². The van der Waals surface area contributed by atoms with E-state index in [1.165, 1.54) is 21.7 Å². The molecule has 2 N–H and O–H groups in total. The summed E-state index contributed by atoms with van der Waals surface area (Å²) in [5.41, 5.74) is 3.68. The highest BCUT2D eigenvalue weighted by atomic mass is 32.1. The van der Waals surface area contributed by atoms with E-state index in [0.717, 1.165) is 74.2 Å². The molecule has 7 heteroatoms. The molecule has 0 radical (unpaired) electrons. The van der Waals surface area contributed by atoms with Gasteiger partial charge in [0.25, 0.3) is 0 Å². The van der Waals surface area contributed by atoms with Crippen LogP contribution in [0.3, 0.4) is 0 Å². The van der Waals surface area contributed by atoms with Gasteiger partial charge in [-0.05, 0) is 43.5 Å². The van der Waals surface area contributed by atoms with Crippen molar-refractivity contribution in [2.75, 3.05) is 43.5 Å². The first kappa shape index (κ1) is 21.0. The lowest BCUT2D eigenvalue weighted by atomic mass is 10.2. The lowest BCUT2D eigenvalue weighted by Crippen LogP contribution is -2.36. The molecule has 1 aliphatic heterocycles. The third-order valence-electron chi connectivity index (χ3n) is 5.54. The van der Waals surface area contributed by atoms with Gasteiger partial charge >= 0.3 is 0 Å². The molecule has 2 aromatic heterocycles. The zero-order valence-corrected chi connectivity index (χ0v) is 18.9. The Kier molecular flexibility index (Phi) is 6.82. The van der Waals surface area contributed by atoms with Crippen molar-refractivity contribution in [3.8, 4) is 0 Å². The molecular weight excluding hydrogens is 394 g/mol. The molecule has 6 nitrogen and oxygen atoms in total. The fraction of sp³-hybridized carbons (Fsp3) is 0.478. The Morgan fingerprint density at radius 2 is 1.83 bits per heavy atom. The van der Waals surface area contributed by atoms with E-state index in [9.17, 15) is 0 Å². The van der Waals surface area contributed by atoms with Crippen LogP contribution >= 0.6 is 11.3 Å². The van der Waals surface area contributed by atoms with E-state index in [1.54, 1.807) is 11.3 Å². The van der Waals surface area contributed by atoms with Gasteiger partial charge in [-0.2, -0.15) is 0 Å². The van der Waals surface area contributed by atoms with Crippen LogP contribution in [0.25, 0.3) is 10.2 Å². The van der Waals surface area contributed by atoms with Crippen LogP contribution in [0.2, 0.25) is 0 Å². The van der Waals surface area contributed by atoms with Crippen molar-refractivity contribution in [1.29, 1.82) is 0 Å². The molecule has 160 valence electrons. The molecule has 3 heterocycles. The standard InChI is InChI=1S/C23H31N5OS/c1-4-9-24-19-7-5-18(6-8-19)14-25-22-21-16(2)17(3)30-23(21)27-20(26-22)15-28-10-12-29-13-11-28/h5-8,24H,4,9-15H2,1-3H3,(H,25,26,27). The highest BCUT2D eigenvalue weighted by molar-refractivity contribution is 7.18. The zero-order valence-electron chi connectivity index (χ0n) is 18.1. The molecule has 0 saturated carbocycles. The van der Waals surface area contributed by atoms with Gasteiger partial charge in [0.2, 0.25) is 0 Å². The number of fused-ring (bicyclic) bond motifs is 1. The van der Waals surface area contributed by atoms with Gasteiger partial charge in [0.05, 0.1) is 25.1 Å². The molecule has 0 aliphatic carbocycles. The molecule has 1 aromatic carbocycles. The van der Waals surface area contributed by atoms with E-state index in [2.05, 4.69) is 60.6 Å². The summed E-state index contributed by atoms with van der Waals surface area (Å²) in [7, 11) is 0. The summed E-state index contributed by atoms with van der Waals surface area (Å²) in [6.07, 6.45) is 1.12. The fourth-order valence-corrected chi connectivity index (χ4v) is 4.70. The molecule has 3 aromatic rings. The van der Waals surface area contributed by atoms with Gasteiger partial charge in [-0.25, -0.2) is 9.97 Å². The lowest BCUT2D eigenvalue weighted by molar-refractivity contribution is 0.0331. The molecule has 1 saturated heterocycles. The number of anilines is 2. The minimum atomic E-state index is 0.742. The van der Waals surface area contributed by atoms with Crippen LogP contribution in [0.5, 0.6) is 0 Å². The van der Waals surface area contributed by atoms with Crippen molar-refractivity contribution < 1.29 is 4.74 Å². The first-order valence-electron chi connectivity index (χ1n) is 10.8. The number of aryl methyl sites for hydroxylation is 2.